The Bertz CT molecular complexity index is 1140. The molecule has 35 heavy (non-hydrogen) atoms. The Morgan fingerprint density at radius 3 is 2.77 bits per heavy atom. The first-order valence-electron chi connectivity index (χ1n) is 13.1. The predicted molar refractivity (Wildman–Crippen MR) is 143 cm³/mol. The molecule has 2 atom stereocenters. The average molecular weight is 475 g/mol. The zero-order valence-electron chi connectivity index (χ0n) is 21.0. The van der Waals surface area contributed by atoms with Gasteiger partial charge in [0.15, 0.2) is 0 Å². The largest absolute Gasteiger partial charge is 0.508 e. The SMILES string of the molecule is CCC(CCN1CCN(c2ccnc3c(OC)cccc23)CC1)NC1CCc2ccc(O)cc2C1. The molecule has 0 spiro atoms. The number of aromatic hydroxyl groups is 1. The molecule has 6 nitrogen and oxygen atoms in total. The topological polar surface area (TPSA) is 60.9 Å². The van der Waals surface area contributed by atoms with Gasteiger partial charge in [0.2, 0.25) is 0 Å². The van der Waals surface area contributed by atoms with Crippen molar-refractivity contribution in [3.8, 4) is 11.5 Å². The highest BCUT2D eigenvalue weighted by molar-refractivity contribution is 5.95. The summed E-state index contributed by atoms with van der Waals surface area (Å²) in [5.41, 5.74) is 4.89. The maximum absolute atomic E-state index is 9.86. The fraction of sp³-hybridized carbons (Fsp3) is 0.483. The van der Waals surface area contributed by atoms with E-state index in [2.05, 4.69) is 45.2 Å². The summed E-state index contributed by atoms with van der Waals surface area (Å²) in [6.45, 7) is 7.66. The number of nitrogens with zero attached hydrogens (tertiary/aromatic N) is 3. The number of hydrogen-bond donors (Lipinski definition) is 2. The van der Waals surface area contributed by atoms with Crippen molar-refractivity contribution in [2.75, 3.05) is 44.7 Å². The lowest BCUT2D eigenvalue weighted by molar-refractivity contribution is 0.235. The molecule has 2 aliphatic rings. The van der Waals surface area contributed by atoms with Gasteiger partial charge in [-0.05, 0) is 74.0 Å². The summed E-state index contributed by atoms with van der Waals surface area (Å²) in [6.07, 6.45) is 7.51. The molecule has 2 aromatic carbocycles. The summed E-state index contributed by atoms with van der Waals surface area (Å²) in [7, 11) is 1.71. The van der Waals surface area contributed by atoms with Gasteiger partial charge in [-0.2, -0.15) is 0 Å². The molecule has 6 heteroatoms. The summed E-state index contributed by atoms with van der Waals surface area (Å²) in [5.74, 6) is 1.22. The Balaban J connectivity index is 1.13. The van der Waals surface area contributed by atoms with Crippen LogP contribution in [0.25, 0.3) is 10.9 Å². The smallest absolute Gasteiger partial charge is 0.145 e. The molecule has 1 aliphatic carbocycles. The van der Waals surface area contributed by atoms with E-state index >= 15 is 0 Å². The minimum atomic E-state index is 0.384. The maximum Gasteiger partial charge on any atom is 0.145 e. The number of aromatic nitrogens is 1. The number of phenolic OH excluding ortho intramolecular Hbond substituents is 1. The number of methoxy groups -OCH3 is 1. The number of fused-ring (bicyclic) bond motifs is 2. The average Bonchev–Trinajstić information content (AvgIpc) is 2.90. The van der Waals surface area contributed by atoms with Crippen molar-refractivity contribution in [3.63, 3.8) is 0 Å². The fourth-order valence-corrected chi connectivity index (χ4v) is 5.75. The molecule has 0 saturated carbocycles. The van der Waals surface area contributed by atoms with E-state index in [1.165, 1.54) is 29.7 Å². The lowest BCUT2D eigenvalue weighted by Gasteiger charge is -2.37. The first-order valence-corrected chi connectivity index (χ1v) is 13.1. The second-order valence-electron chi connectivity index (χ2n) is 9.97. The first-order chi connectivity index (χ1) is 17.1. The van der Waals surface area contributed by atoms with Crippen LogP contribution in [0.15, 0.2) is 48.7 Å². The molecule has 0 radical (unpaired) electrons. The standard InChI is InChI=1S/C29H38N4O2/c1-3-23(31-24-9-7-21-8-10-25(34)20-22(21)19-24)12-14-32-15-17-33(18-16-32)27-11-13-30-29-26(27)5-4-6-28(29)35-2/h4-6,8,10-11,13,20,23-24,31,34H,3,7,9,12,14-19H2,1-2H3. The molecule has 186 valence electrons. The number of rotatable bonds is 8. The number of aryl methyl sites for hydroxylation is 1. The van der Waals surface area contributed by atoms with Crippen LogP contribution in [0.1, 0.15) is 37.3 Å². The van der Waals surface area contributed by atoms with Crippen LogP contribution in [-0.4, -0.2) is 66.9 Å². The highest BCUT2D eigenvalue weighted by Gasteiger charge is 2.23. The number of hydrogen-bond acceptors (Lipinski definition) is 6. The van der Waals surface area contributed by atoms with E-state index in [1.54, 1.807) is 7.11 Å². The predicted octanol–water partition coefficient (Wildman–Crippen LogP) is 4.39. The van der Waals surface area contributed by atoms with Gasteiger partial charge in [0, 0.05) is 55.5 Å². The van der Waals surface area contributed by atoms with Gasteiger partial charge in [0.1, 0.15) is 17.0 Å². The molecule has 2 N–H and O–H groups in total. The molecule has 1 fully saturated rings. The molecular weight excluding hydrogens is 436 g/mol. The summed E-state index contributed by atoms with van der Waals surface area (Å²) in [4.78, 5) is 9.66. The number of phenols is 1. The van der Waals surface area contributed by atoms with Crippen LogP contribution in [0.2, 0.25) is 0 Å². The molecule has 5 rings (SSSR count). The van der Waals surface area contributed by atoms with Crippen molar-refractivity contribution in [3.05, 3.63) is 59.8 Å². The molecule has 1 saturated heterocycles. The molecular formula is C29H38N4O2. The number of benzene rings is 2. The van der Waals surface area contributed by atoms with Gasteiger partial charge in [-0.25, -0.2) is 0 Å². The van der Waals surface area contributed by atoms with Gasteiger partial charge >= 0.3 is 0 Å². The second kappa shape index (κ2) is 10.8. The van der Waals surface area contributed by atoms with E-state index in [0.717, 1.165) is 68.6 Å². The van der Waals surface area contributed by atoms with E-state index in [9.17, 15) is 5.11 Å². The zero-order chi connectivity index (χ0) is 24.2. The summed E-state index contributed by atoms with van der Waals surface area (Å²) in [5, 5.41) is 15.0. The fourth-order valence-electron chi connectivity index (χ4n) is 5.75. The van der Waals surface area contributed by atoms with E-state index in [-0.39, 0.29) is 0 Å². The lowest BCUT2D eigenvalue weighted by Crippen LogP contribution is -2.48. The number of nitrogens with one attached hydrogen (secondary N) is 1. The van der Waals surface area contributed by atoms with Gasteiger partial charge in [0.05, 0.1) is 7.11 Å². The van der Waals surface area contributed by atoms with Crippen LogP contribution in [0, 0.1) is 0 Å². The highest BCUT2D eigenvalue weighted by Crippen LogP contribution is 2.31. The summed E-state index contributed by atoms with van der Waals surface area (Å²) < 4.78 is 5.52. The molecule has 1 aliphatic heterocycles. The second-order valence-corrected chi connectivity index (χ2v) is 9.97. The minimum Gasteiger partial charge on any atom is -0.508 e. The first kappa shape index (κ1) is 23.9. The van der Waals surface area contributed by atoms with Crippen molar-refractivity contribution in [1.82, 2.24) is 15.2 Å². The van der Waals surface area contributed by atoms with Crippen LogP contribution in [0.3, 0.4) is 0 Å². The Morgan fingerprint density at radius 1 is 1.11 bits per heavy atom. The Hall–Kier alpha value is -2.83. The van der Waals surface area contributed by atoms with Crippen molar-refractivity contribution in [2.24, 2.45) is 0 Å². The monoisotopic (exact) mass is 474 g/mol. The van der Waals surface area contributed by atoms with E-state index in [4.69, 9.17) is 4.74 Å². The molecule has 2 unspecified atom stereocenters. The molecule has 1 aromatic heterocycles. The van der Waals surface area contributed by atoms with Crippen molar-refractivity contribution < 1.29 is 9.84 Å². The third-order valence-electron chi connectivity index (χ3n) is 7.82. The number of pyridine rings is 1. The molecule has 3 aromatic rings. The molecule has 2 heterocycles. The number of piperazine rings is 1. The van der Waals surface area contributed by atoms with Gasteiger partial charge in [-0.15, -0.1) is 0 Å². The van der Waals surface area contributed by atoms with Crippen molar-refractivity contribution in [2.45, 2.75) is 51.1 Å². The van der Waals surface area contributed by atoms with Gasteiger partial charge < -0.3 is 20.1 Å². The van der Waals surface area contributed by atoms with Crippen molar-refractivity contribution >= 4 is 16.6 Å². The number of anilines is 1. The van der Waals surface area contributed by atoms with Gasteiger partial charge in [0.25, 0.3) is 0 Å². The Kier molecular flexibility index (Phi) is 7.40. The quantitative estimate of drug-likeness (QED) is 0.505. The summed E-state index contributed by atoms with van der Waals surface area (Å²) >= 11 is 0. The van der Waals surface area contributed by atoms with Gasteiger partial charge in [-0.3, -0.25) is 9.88 Å². The third kappa shape index (κ3) is 5.39. The summed E-state index contributed by atoms with van der Waals surface area (Å²) in [6, 6.07) is 15.2. The van der Waals surface area contributed by atoms with Crippen LogP contribution in [0.5, 0.6) is 11.5 Å². The normalized spacial score (nSPS) is 19.5. The Labute approximate surface area is 208 Å². The van der Waals surface area contributed by atoms with Crippen LogP contribution in [0.4, 0.5) is 5.69 Å². The zero-order valence-corrected chi connectivity index (χ0v) is 21.0. The van der Waals surface area contributed by atoms with E-state index in [0.29, 0.717) is 17.8 Å². The molecule has 0 bridgehead atoms. The third-order valence-corrected chi connectivity index (χ3v) is 7.82. The van der Waals surface area contributed by atoms with Gasteiger partial charge in [-0.1, -0.05) is 25.1 Å². The van der Waals surface area contributed by atoms with Crippen LogP contribution < -0.4 is 15.0 Å². The minimum absolute atomic E-state index is 0.384. The van der Waals surface area contributed by atoms with E-state index < -0.39 is 0 Å². The van der Waals surface area contributed by atoms with Crippen LogP contribution in [-0.2, 0) is 12.8 Å². The number of para-hydroxylation sites is 1. The number of ether oxygens (including phenoxy) is 1. The maximum atomic E-state index is 9.86. The lowest BCUT2D eigenvalue weighted by atomic mass is 9.87. The Morgan fingerprint density at radius 2 is 1.97 bits per heavy atom. The van der Waals surface area contributed by atoms with E-state index in [1.807, 2.05) is 30.5 Å². The van der Waals surface area contributed by atoms with Crippen molar-refractivity contribution in [1.29, 1.82) is 0 Å². The van der Waals surface area contributed by atoms with Crippen LogP contribution >= 0.6 is 0 Å². The molecule has 0 amide bonds. The highest BCUT2D eigenvalue weighted by atomic mass is 16.5.